The van der Waals surface area contributed by atoms with E-state index in [4.69, 9.17) is 0 Å². The van der Waals surface area contributed by atoms with Crippen molar-refractivity contribution in [3.8, 4) is 5.75 Å². The van der Waals surface area contributed by atoms with Gasteiger partial charge in [-0.3, -0.25) is 4.99 Å². The van der Waals surface area contributed by atoms with Crippen LogP contribution in [0, 0.1) is 6.92 Å². The van der Waals surface area contributed by atoms with Crippen molar-refractivity contribution in [1.82, 2.24) is 15.6 Å². The normalized spacial score (nSPS) is 11.7. The molecule has 0 spiro atoms. The number of hydrogen-bond donors (Lipinski definition) is 2. The molecule has 0 aliphatic rings. The summed E-state index contributed by atoms with van der Waals surface area (Å²) in [7, 11) is 1.68. The number of rotatable bonds is 9. The van der Waals surface area contributed by atoms with E-state index < -0.39 is 6.61 Å². The average molecular weight is 382 g/mol. The first kappa shape index (κ1) is 20.1. The molecule has 1 heterocycles. The zero-order chi connectivity index (χ0) is 18.8. The second kappa shape index (κ2) is 10.7. The molecule has 0 aliphatic heterocycles. The van der Waals surface area contributed by atoms with Gasteiger partial charge in [0.05, 0.1) is 5.01 Å². The zero-order valence-electron chi connectivity index (χ0n) is 15.0. The summed E-state index contributed by atoms with van der Waals surface area (Å²) in [5, 5.41) is 9.57. The summed E-state index contributed by atoms with van der Waals surface area (Å²) in [6.07, 6.45) is 3.01. The fraction of sp³-hybridized carbons (Fsp3) is 0.444. The standard InChI is InChI=1S/C18H24F2N4OS/c1-13-12-26-16(24-13)9-5-6-10-22-18(21-2)23-11-14-7-3-4-8-15(14)25-17(19)20/h3-4,7-8,12,17H,5-6,9-11H2,1-2H3,(H2,21,22,23). The van der Waals surface area contributed by atoms with Gasteiger partial charge in [-0.05, 0) is 32.3 Å². The number of para-hydroxylation sites is 1. The molecule has 0 fully saturated rings. The van der Waals surface area contributed by atoms with Gasteiger partial charge in [-0.1, -0.05) is 18.2 Å². The summed E-state index contributed by atoms with van der Waals surface area (Å²) in [4.78, 5) is 8.60. The van der Waals surface area contributed by atoms with Crippen molar-refractivity contribution >= 4 is 17.3 Å². The average Bonchev–Trinajstić information content (AvgIpc) is 3.03. The number of aliphatic imine (C=N–C) groups is 1. The van der Waals surface area contributed by atoms with Gasteiger partial charge in [0.25, 0.3) is 0 Å². The van der Waals surface area contributed by atoms with Crippen molar-refractivity contribution in [3.63, 3.8) is 0 Å². The highest BCUT2D eigenvalue weighted by Gasteiger charge is 2.09. The molecule has 0 saturated heterocycles. The molecule has 0 atom stereocenters. The maximum Gasteiger partial charge on any atom is 0.387 e. The highest BCUT2D eigenvalue weighted by Crippen LogP contribution is 2.19. The lowest BCUT2D eigenvalue weighted by molar-refractivity contribution is -0.0504. The molecule has 0 bridgehead atoms. The monoisotopic (exact) mass is 382 g/mol. The summed E-state index contributed by atoms with van der Waals surface area (Å²) in [6, 6.07) is 6.72. The first-order valence-electron chi connectivity index (χ1n) is 8.46. The maximum absolute atomic E-state index is 12.4. The highest BCUT2D eigenvalue weighted by atomic mass is 32.1. The van der Waals surface area contributed by atoms with E-state index in [9.17, 15) is 8.78 Å². The van der Waals surface area contributed by atoms with Crippen LogP contribution in [0.1, 0.15) is 29.1 Å². The molecule has 5 nitrogen and oxygen atoms in total. The predicted molar refractivity (Wildman–Crippen MR) is 101 cm³/mol. The van der Waals surface area contributed by atoms with E-state index in [0.29, 0.717) is 18.1 Å². The van der Waals surface area contributed by atoms with Crippen molar-refractivity contribution in [3.05, 3.63) is 45.9 Å². The highest BCUT2D eigenvalue weighted by molar-refractivity contribution is 7.09. The maximum atomic E-state index is 12.4. The third-order valence-corrected chi connectivity index (χ3v) is 4.66. The first-order chi connectivity index (χ1) is 12.6. The molecule has 26 heavy (non-hydrogen) atoms. The number of hydrogen-bond acceptors (Lipinski definition) is 4. The number of aryl methyl sites for hydroxylation is 2. The van der Waals surface area contributed by atoms with Crippen LogP contribution in [-0.2, 0) is 13.0 Å². The third kappa shape index (κ3) is 6.95. The Morgan fingerprint density at radius 3 is 2.77 bits per heavy atom. The number of thiazole rings is 1. The van der Waals surface area contributed by atoms with Gasteiger partial charge in [-0.25, -0.2) is 4.98 Å². The van der Waals surface area contributed by atoms with E-state index in [-0.39, 0.29) is 5.75 Å². The number of halogens is 2. The van der Waals surface area contributed by atoms with Crippen LogP contribution in [0.4, 0.5) is 8.78 Å². The lowest BCUT2D eigenvalue weighted by atomic mass is 10.2. The quantitative estimate of drug-likeness (QED) is 0.394. The second-order valence-corrected chi connectivity index (χ2v) is 6.62. The van der Waals surface area contributed by atoms with Gasteiger partial charge in [-0.15, -0.1) is 11.3 Å². The van der Waals surface area contributed by atoms with Gasteiger partial charge in [0.2, 0.25) is 0 Å². The van der Waals surface area contributed by atoms with Crippen LogP contribution >= 0.6 is 11.3 Å². The number of nitrogens with one attached hydrogen (secondary N) is 2. The minimum Gasteiger partial charge on any atom is -0.434 e. The van der Waals surface area contributed by atoms with Crippen LogP contribution in [0.2, 0.25) is 0 Å². The van der Waals surface area contributed by atoms with Gasteiger partial charge >= 0.3 is 6.61 Å². The lowest BCUT2D eigenvalue weighted by Gasteiger charge is -2.14. The van der Waals surface area contributed by atoms with Gasteiger partial charge < -0.3 is 15.4 Å². The molecule has 0 radical (unpaired) electrons. The Bertz CT molecular complexity index is 706. The zero-order valence-corrected chi connectivity index (χ0v) is 15.8. The minimum atomic E-state index is -2.84. The van der Waals surface area contributed by atoms with Crippen molar-refractivity contribution in [2.75, 3.05) is 13.6 Å². The number of ether oxygens (including phenoxy) is 1. The van der Waals surface area contributed by atoms with E-state index in [1.165, 1.54) is 11.1 Å². The Kier molecular flexibility index (Phi) is 8.27. The molecule has 0 amide bonds. The lowest BCUT2D eigenvalue weighted by Crippen LogP contribution is -2.37. The van der Waals surface area contributed by atoms with Crippen molar-refractivity contribution in [1.29, 1.82) is 0 Å². The SMILES string of the molecule is CN=C(NCCCCc1nc(C)cs1)NCc1ccccc1OC(F)F. The third-order valence-electron chi connectivity index (χ3n) is 3.63. The van der Waals surface area contributed by atoms with Crippen molar-refractivity contribution in [2.45, 2.75) is 39.3 Å². The molecule has 1 aromatic heterocycles. The van der Waals surface area contributed by atoms with Gasteiger partial charge in [0, 0.05) is 36.8 Å². The van der Waals surface area contributed by atoms with Gasteiger partial charge in [0.15, 0.2) is 5.96 Å². The van der Waals surface area contributed by atoms with E-state index >= 15 is 0 Å². The van der Waals surface area contributed by atoms with Gasteiger partial charge in [-0.2, -0.15) is 8.78 Å². The molecule has 8 heteroatoms. The molecule has 2 rings (SSSR count). The van der Waals surface area contributed by atoms with Crippen LogP contribution in [0.5, 0.6) is 5.75 Å². The van der Waals surface area contributed by atoms with Crippen LogP contribution < -0.4 is 15.4 Å². The summed E-state index contributed by atoms with van der Waals surface area (Å²) < 4.78 is 29.4. The van der Waals surface area contributed by atoms with E-state index in [0.717, 1.165) is 31.5 Å². The number of unbranched alkanes of at least 4 members (excludes halogenated alkanes) is 1. The Morgan fingerprint density at radius 2 is 2.08 bits per heavy atom. The summed E-state index contributed by atoms with van der Waals surface area (Å²) >= 11 is 1.70. The Balaban J connectivity index is 1.71. The van der Waals surface area contributed by atoms with Gasteiger partial charge in [0.1, 0.15) is 5.75 Å². The van der Waals surface area contributed by atoms with E-state index in [1.54, 1.807) is 36.6 Å². The topological polar surface area (TPSA) is 58.5 Å². The Labute approximate surface area is 156 Å². The van der Waals surface area contributed by atoms with Crippen LogP contribution in [0.25, 0.3) is 0 Å². The molecular weight excluding hydrogens is 358 g/mol. The number of benzene rings is 1. The summed E-state index contributed by atoms with van der Waals surface area (Å²) in [5.41, 5.74) is 1.72. The fourth-order valence-electron chi connectivity index (χ4n) is 2.39. The second-order valence-electron chi connectivity index (χ2n) is 5.68. The molecular formula is C18H24F2N4OS. The molecule has 2 N–H and O–H groups in total. The number of guanidine groups is 1. The fourth-order valence-corrected chi connectivity index (χ4v) is 3.20. The minimum absolute atomic E-state index is 0.171. The summed E-state index contributed by atoms with van der Waals surface area (Å²) in [6.45, 7) is 0.289. The smallest absolute Gasteiger partial charge is 0.387 e. The van der Waals surface area contributed by atoms with Crippen LogP contribution in [0.15, 0.2) is 34.6 Å². The molecule has 0 aliphatic carbocycles. The number of nitrogens with zero attached hydrogens (tertiary/aromatic N) is 2. The predicted octanol–water partition coefficient (Wildman–Crippen LogP) is 3.74. The molecule has 2 aromatic rings. The molecule has 0 unspecified atom stereocenters. The Morgan fingerprint density at radius 1 is 1.27 bits per heavy atom. The Hall–Kier alpha value is -2.22. The van der Waals surface area contributed by atoms with Crippen LogP contribution in [0.3, 0.4) is 0 Å². The molecule has 1 aromatic carbocycles. The van der Waals surface area contributed by atoms with Crippen molar-refractivity contribution in [2.24, 2.45) is 4.99 Å². The number of aromatic nitrogens is 1. The largest absolute Gasteiger partial charge is 0.434 e. The number of alkyl halides is 2. The van der Waals surface area contributed by atoms with Crippen molar-refractivity contribution < 1.29 is 13.5 Å². The van der Waals surface area contributed by atoms with Crippen LogP contribution in [-0.4, -0.2) is 31.1 Å². The first-order valence-corrected chi connectivity index (χ1v) is 9.34. The summed E-state index contributed by atoms with van der Waals surface area (Å²) in [5.74, 6) is 0.797. The van der Waals surface area contributed by atoms with E-state index in [1.807, 2.05) is 6.92 Å². The molecule has 142 valence electrons. The van der Waals surface area contributed by atoms with E-state index in [2.05, 4.69) is 30.7 Å². The molecule has 0 saturated carbocycles.